The third-order valence-corrected chi connectivity index (χ3v) is 3.86. The zero-order valence-corrected chi connectivity index (χ0v) is 12.1. The fourth-order valence-corrected chi connectivity index (χ4v) is 2.09. The number of phenols is 1. The van der Waals surface area contributed by atoms with E-state index in [0.29, 0.717) is 11.6 Å². The monoisotopic (exact) mass is 326 g/mol. The van der Waals surface area contributed by atoms with E-state index in [2.05, 4.69) is 15.9 Å². The largest absolute Gasteiger partial charge is 0.508 e. The van der Waals surface area contributed by atoms with E-state index < -0.39 is 0 Å². The second-order valence-electron chi connectivity index (χ2n) is 3.93. The highest BCUT2D eigenvalue weighted by atomic mass is 79.9. The van der Waals surface area contributed by atoms with Crippen LogP contribution in [0.4, 0.5) is 0 Å². The lowest BCUT2D eigenvalue weighted by molar-refractivity contribution is 0.303. The lowest BCUT2D eigenvalue weighted by atomic mass is 10.2. The van der Waals surface area contributed by atoms with Gasteiger partial charge in [0.2, 0.25) is 0 Å². The molecule has 2 aromatic carbocycles. The molecule has 4 heteroatoms. The first kappa shape index (κ1) is 13.2. The number of hydrogen-bond donors (Lipinski definition) is 1. The van der Waals surface area contributed by atoms with Crippen molar-refractivity contribution in [2.75, 3.05) is 0 Å². The topological polar surface area (TPSA) is 29.5 Å². The molecule has 0 amide bonds. The second-order valence-corrected chi connectivity index (χ2v) is 5.19. The smallest absolute Gasteiger partial charge is 0.123 e. The highest BCUT2D eigenvalue weighted by Crippen LogP contribution is 2.28. The summed E-state index contributed by atoms with van der Waals surface area (Å²) in [5.41, 5.74) is 1.80. The van der Waals surface area contributed by atoms with Gasteiger partial charge in [0.15, 0.2) is 0 Å². The van der Waals surface area contributed by atoms with Gasteiger partial charge in [-0.05, 0) is 37.3 Å². The summed E-state index contributed by atoms with van der Waals surface area (Å²) in [5, 5.41) is 10.00. The zero-order chi connectivity index (χ0) is 13.1. The molecule has 0 radical (unpaired) electrons. The van der Waals surface area contributed by atoms with Gasteiger partial charge in [-0.15, -0.1) is 0 Å². The minimum Gasteiger partial charge on any atom is -0.508 e. The Morgan fingerprint density at radius 1 is 1.28 bits per heavy atom. The Balaban J connectivity index is 2.16. The molecule has 2 rings (SSSR count). The number of aromatic hydroxyl groups is 1. The van der Waals surface area contributed by atoms with E-state index in [1.807, 2.05) is 25.1 Å². The van der Waals surface area contributed by atoms with Crippen molar-refractivity contribution in [3.63, 3.8) is 0 Å². The Morgan fingerprint density at radius 2 is 2.06 bits per heavy atom. The summed E-state index contributed by atoms with van der Waals surface area (Å²) in [6.07, 6.45) is 0. The van der Waals surface area contributed by atoms with Crippen molar-refractivity contribution in [3.8, 4) is 11.5 Å². The van der Waals surface area contributed by atoms with E-state index in [4.69, 9.17) is 16.3 Å². The lowest BCUT2D eigenvalue weighted by Crippen LogP contribution is -1.98. The Kier molecular flexibility index (Phi) is 4.15. The Bertz CT molecular complexity index is 568. The molecule has 0 aliphatic rings. The fourth-order valence-electron chi connectivity index (χ4n) is 1.57. The van der Waals surface area contributed by atoms with Crippen LogP contribution in [0.5, 0.6) is 11.5 Å². The van der Waals surface area contributed by atoms with Gasteiger partial charge < -0.3 is 9.84 Å². The van der Waals surface area contributed by atoms with Gasteiger partial charge in [-0.3, -0.25) is 0 Å². The third-order valence-electron chi connectivity index (χ3n) is 2.63. The van der Waals surface area contributed by atoms with E-state index >= 15 is 0 Å². The van der Waals surface area contributed by atoms with Crippen molar-refractivity contribution in [3.05, 3.63) is 57.0 Å². The van der Waals surface area contributed by atoms with Gasteiger partial charge in [-0.2, -0.15) is 0 Å². The van der Waals surface area contributed by atoms with Crippen molar-refractivity contribution in [1.82, 2.24) is 0 Å². The lowest BCUT2D eigenvalue weighted by Gasteiger charge is -2.11. The van der Waals surface area contributed by atoms with E-state index in [1.165, 1.54) is 0 Å². The molecule has 1 N–H and O–H groups in total. The highest BCUT2D eigenvalue weighted by molar-refractivity contribution is 9.10. The maximum absolute atomic E-state index is 9.41. The number of phenolic OH excluding ortho intramolecular Hbond substituents is 1. The molecule has 0 heterocycles. The summed E-state index contributed by atoms with van der Waals surface area (Å²) >= 11 is 9.49. The van der Waals surface area contributed by atoms with Crippen LogP contribution in [0.1, 0.15) is 11.1 Å². The van der Waals surface area contributed by atoms with Gasteiger partial charge in [0.1, 0.15) is 18.1 Å². The molecule has 0 aromatic heterocycles. The predicted octanol–water partition coefficient (Wildman–Crippen LogP) is 4.70. The minimum atomic E-state index is 0.184. The van der Waals surface area contributed by atoms with Crippen molar-refractivity contribution in [2.24, 2.45) is 0 Å². The van der Waals surface area contributed by atoms with Crippen LogP contribution in [0, 0.1) is 6.92 Å². The van der Waals surface area contributed by atoms with Crippen LogP contribution in [0.2, 0.25) is 5.02 Å². The van der Waals surface area contributed by atoms with E-state index in [-0.39, 0.29) is 5.75 Å². The standard InChI is InChI=1S/C14H12BrClO2/c1-9-12(15)3-2-4-14(9)18-8-10-7-11(17)5-6-13(10)16/h2-7,17H,8H2,1H3. The molecular weight excluding hydrogens is 316 g/mol. The Hall–Kier alpha value is -1.19. The Morgan fingerprint density at radius 3 is 2.83 bits per heavy atom. The number of hydrogen-bond acceptors (Lipinski definition) is 2. The SMILES string of the molecule is Cc1c(Br)cccc1OCc1cc(O)ccc1Cl. The number of ether oxygens (including phenoxy) is 1. The number of benzene rings is 2. The Labute approximate surface area is 119 Å². The van der Waals surface area contributed by atoms with E-state index in [9.17, 15) is 5.11 Å². The van der Waals surface area contributed by atoms with Gasteiger partial charge in [0.25, 0.3) is 0 Å². The van der Waals surface area contributed by atoms with Gasteiger partial charge in [-0.25, -0.2) is 0 Å². The molecular formula is C14H12BrClO2. The normalized spacial score (nSPS) is 10.4. The molecule has 0 atom stereocenters. The molecule has 2 aromatic rings. The first-order chi connectivity index (χ1) is 8.58. The molecule has 0 saturated carbocycles. The minimum absolute atomic E-state index is 0.184. The predicted molar refractivity (Wildman–Crippen MR) is 76.3 cm³/mol. The quantitative estimate of drug-likeness (QED) is 0.885. The first-order valence-corrected chi connectivity index (χ1v) is 6.60. The third kappa shape index (κ3) is 2.98. The number of rotatable bonds is 3. The van der Waals surface area contributed by atoms with E-state index in [0.717, 1.165) is 21.3 Å². The molecule has 0 aliphatic carbocycles. The molecule has 2 nitrogen and oxygen atoms in total. The summed E-state index contributed by atoms with van der Waals surface area (Å²) in [5.74, 6) is 0.979. The zero-order valence-electron chi connectivity index (χ0n) is 9.78. The summed E-state index contributed by atoms with van der Waals surface area (Å²) in [6, 6.07) is 10.6. The van der Waals surface area contributed by atoms with Crippen LogP contribution in [0.25, 0.3) is 0 Å². The molecule has 0 fully saturated rings. The van der Waals surface area contributed by atoms with E-state index in [1.54, 1.807) is 18.2 Å². The van der Waals surface area contributed by atoms with Crippen LogP contribution in [-0.2, 0) is 6.61 Å². The molecule has 0 spiro atoms. The molecule has 0 saturated heterocycles. The first-order valence-electron chi connectivity index (χ1n) is 5.43. The average Bonchev–Trinajstić information content (AvgIpc) is 2.35. The van der Waals surface area contributed by atoms with Crippen LogP contribution in [0.3, 0.4) is 0 Å². The van der Waals surface area contributed by atoms with Gasteiger partial charge in [0, 0.05) is 20.6 Å². The molecule has 94 valence electrons. The summed E-state index contributed by atoms with van der Waals surface area (Å²) in [6.45, 7) is 2.30. The van der Waals surface area contributed by atoms with Crippen LogP contribution in [-0.4, -0.2) is 5.11 Å². The van der Waals surface area contributed by atoms with Crippen LogP contribution >= 0.6 is 27.5 Å². The van der Waals surface area contributed by atoms with Crippen molar-refractivity contribution >= 4 is 27.5 Å². The summed E-state index contributed by atoms with van der Waals surface area (Å²) < 4.78 is 6.72. The van der Waals surface area contributed by atoms with Gasteiger partial charge in [0.05, 0.1) is 0 Å². The average molecular weight is 328 g/mol. The maximum Gasteiger partial charge on any atom is 0.123 e. The van der Waals surface area contributed by atoms with Crippen molar-refractivity contribution in [2.45, 2.75) is 13.5 Å². The molecule has 0 unspecified atom stereocenters. The van der Waals surface area contributed by atoms with Gasteiger partial charge in [-0.1, -0.05) is 33.6 Å². The molecule has 0 bridgehead atoms. The second kappa shape index (κ2) is 5.63. The van der Waals surface area contributed by atoms with Gasteiger partial charge >= 0.3 is 0 Å². The summed E-state index contributed by atoms with van der Waals surface area (Å²) in [4.78, 5) is 0. The fraction of sp³-hybridized carbons (Fsp3) is 0.143. The van der Waals surface area contributed by atoms with Crippen LogP contribution in [0.15, 0.2) is 40.9 Å². The summed E-state index contributed by atoms with van der Waals surface area (Å²) in [7, 11) is 0. The molecule has 0 aliphatic heterocycles. The molecule has 18 heavy (non-hydrogen) atoms. The van der Waals surface area contributed by atoms with Crippen molar-refractivity contribution in [1.29, 1.82) is 0 Å². The highest BCUT2D eigenvalue weighted by Gasteiger charge is 2.06. The number of halogens is 2. The van der Waals surface area contributed by atoms with Crippen molar-refractivity contribution < 1.29 is 9.84 Å². The van der Waals surface area contributed by atoms with Crippen LogP contribution < -0.4 is 4.74 Å². The maximum atomic E-state index is 9.41.